The van der Waals surface area contributed by atoms with Crippen molar-refractivity contribution in [2.75, 3.05) is 0 Å². The van der Waals surface area contributed by atoms with Gasteiger partial charge in [0.15, 0.2) is 0 Å². The summed E-state index contributed by atoms with van der Waals surface area (Å²) in [5.74, 6) is 0. The lowest BCUT2D eigenvalue weighted by molar-refractivity contribution is 1.28. The molecule has 2 heterocycles. The highest BCUT2D eigenvalue weighted by molar-refractivity contribution is 5.82. The maximum atomic E-state index is 11.0. The normalized spacial score (nSPS) is 10.6. The molecule has 0 fully saturated rings. The molecule has 0 saturated heterocycles. The molecule has 0 amide bonds. The van der Waals surface area contributed by atoms with Crippen molar-refractivity contribution in [2.24, 2.45) is 0 Å². The van der Waals surface area contributed by atoms with Crippen LogP contribution in [0.1, 0.15) is 22.3 Å². The molecule has 4 heteroatoms. The SMILES string of the molecule is Cc1cc2ccc(=O)[nH]c2cc1C.Cc1ccc2[nH]c(=O)ccc2c1C. The second-order valence-electron chi connectivity index (χ2n) is 6.64. The molecule has 0 aliphatic carbocycles. The Balaban J connectivity index is 0.000000151. The molecule has 0 aliphatic heterocycles. The second kappa shape index (κ2) is 7.00. The average molecular weight is 346 g/mol. The number of aryl methyl sites for hydroxylation is 4. The summed E-state index contributed by atoms with van der Waals surface area (Å²) in [5, 5.41) is 2.21. The van der Waals surface area contributed by atoms with Crippen molar-refractivity contribution in [1.29, 1.82) is 0 Å². The standard InChI is InChI=1S/2C11H11NO/c1-7-3-5-10-9(8(7)2)4-6-11(13)12-10;1-7-5-9-3-4-11(13)12-10(9)6-8(7)2/h2*3-6H,1-2H3,(H,12,13). The molecule has 2 aromatic carbocycles. The van der Waals surface area contributed by atoms with E-state index in [4.69, 9.17) is 0 Å². The molecule has 0 saturated carbocycles. The summed E-state index contributed by atoms with van der Waals surface area (Å²) in [6.45, 7) is 8.25. The molecular formula is C22H22N2O2. The predicted molar refractivity (Wildman–Crippen MR) is 108 cm³/mol. The molecule has 132 valence electrons. The fourth-order valence-electron chi connectivity index (χ4n) is 2.92. The van der Waals surface area contributed by atoms with E-state index in [9.17, 15) is 9.59 Å². The van der Waals surface area contributed by atoms with Crippen molar-refractivity contribution in [3.63, 3.8) is 0 Å². The first-order chi connectivity index (χ1) is 12.3. The Morgan fingerprint density at radius 1 is 0.615 bits per heavy atom. The van der Waals surface area contributed by atoms with E-state index in [1.807, 2.05) is 37.3 Å². The summed E-state index contributed by atoms with van der Waals surface area (Å²) in [7, 11) is 0. The first-order valence-corrected chi connectivity index (χ1v) is 8.54. The summed E-state index contributed by atoms with van der Waals surface area (Å²) in [4.78, 5) is 27.7. The van der Waals surface area contributed by atoms with Gasteiger partial charge in [-0.05, 0) is 85.7 Å². The average Bonchev–Trinajstić information content (AvgIpc) is 2.60. The quantitative estimate of drug-likeness (QED) is 0.499. The lowest BCUT2D eigenvalue weighted by Crippen LogP contribution is -2.02. The van der Waals surface area contributed by atoms with Gasteiger partial charge in [0.25, 0.3) is 0 Å². The van der Waals surface area contributed by atoms with Gasteiger partial charge in [-0.25, -0.2) is 0 Å². The number of benzene rings is 2. The van der Waals surface area contributed by atoms with Crippen LogP contribution in [0.4, 0.5) is 0 Å². The van der Waals surface area contributed by atoms with E-state index in [1.165, 1.54) is 22.3 Å². The molecule has 0 spiro atoms. The van der Waals surface area contributed by atoms with Gasteiger partial charge in [0, 0.05) is 28.6 Å². The van der Waals surface area contributed by atoms with Crippen LogP contribution in [-0.4, -0.2) is 9.97 Å². The van der Waals surface area contributed by atoms with Crippen molar-refractivity contribution in [1.82, 2.24) is 9.97 Å². The van der Waals surface area contributed by atoms with E-state index in [0.29, 0.717) is 0 Å². The molecule has 2 N–H and O–H groups in total. The van der Waals surface area contributed by atoms with Crippen LogP contribution in [0, 0.1) is 27.7 Å². The van der Waals surface area contributed by atoms with E-state index >= 15 is 0 Å². The van der Waals surface area contributed by atoms with Crippen LogP contribution < -0.4 is 11.1 Å². The van der Waals surface area contributed by atoms with E-state index in [2.05, 4.69) is 36.8 Å². The Kier molecular flexibility index (Phi) is 4.76. The maximum Gasteiger partial charge on any atom is 0.248 e. The zero-order valence-corrected chi connectivity index (χ0v) is 15.4. The molecule has 0 radical (unpaired) electrons. The van der Waals surface area contributed by atoms with Gasteiger partial charge in [0.05, 0.1) is 0 Å². The van der Waals surface area contributed by atoms with E-state index in [1.54, 1.807) is 12.1 Å². The van der Waals surface area contributed by atoms with E-state index in [-0.39, 0.29) is 11.1 Å². The zero-order valence-electron chi connectivity index (χ0n) is 15.4. The number of aromatic amines is 2. The highest BCUT2D eigenvalue weighted by Crippen LogP contribution is 2.18. The minimum atomic E-state index is -0.0456. The first-order valence-electron chi connectivity index (χ1n) is 8.54. The van der Waals surface area contributed by atoms with Gasteiger partial charge in [-0.3, -0.25) is 9.59 Å². The number of nitrogens with one attached hydrogen (secondary N) is 2. The van der Waals surface area contributed by atoms with Gasteiger partial charge >= 0.3 is 0 Å². The van der Waals surface area contributed by atoms with Crippen LogP contribution in [0.5, 0.6) is 0 Å². The zero-order chi connectivity index (χ0) is 18.8. The molecule has 4 aromatic rings. The third-order valence-corrected chi connectivity index (χ3v) is 4.78. The van der Waals surface area contributed by atoms with Gasteiger partial charge in [-0.1, -0.05) is 6.07 Å². The van der Waals surface area contributed by atoms with Crippen LogP contribution in [0.3, 0.4) is 0 Å². The number of hydrogen-bond acceptors (Lipinski definition) is 2. The Hall–Kier alpha value is -3.14. The minimum Gasteiger partial charge on any atom is -0.322 e. The Labute approximate surface area is 151 Å². The van der Waals surface area contributed by atoms with Gasteiger partial charge in [-0.2, -0.15) is 0 Å². The van der Waals surface area contributed by atoms with E-state index < -0.39 is 0 Å². The monoisotopic (exact) mass is 346 g/mol. The number of hydrogen-bond donors (Lipinski definition) is 2. The lowest BCUT2D eigenvalue weighted by atomic mass is 10.0. The molecule has 0 bridgehead atoms. The third kappa shape index (κ3) is 3.59. The number of rotatable bonds is 0. The van der Waals surface area contributed by atoms with Crippen LogP contribution in [0.15, 0.2) is 58.1 Å². The fraction of sp³-hybridized carbons (Fsp3) is 0.182. The Morgan fingerprint density at radius 3 is 1.96 bits per heavy atom. The van der Waals surface area contributed by atoms with Crippen molar-refractivity contribution < 1.29 is 0 Å². The molecule has 4 nitrogen and oxygen atoms in total. The van der Waals surface area contributed by atoms with Crippen molar-refractivity contribution in [3.8, 4) is 0 Å². The largest absolute Gasteiger partial charge is 0.322 e. The number of H-pyrrole nitrogens is 2. The smallest absolute Gasteiger partial charge is 0.248 e. The van der Waals surface area contributed by atoms with Crippen LogP contribution in [0.2, 0.25) is 0 Å². The summed E-state index contributed by atoms with van der Waals surface area (Å²) in [6.07, 6.45) is 0. The summed E-state index contributed by atoms with van der Waals surface area (Å²) < 4.78 is 0. The highest BCUT2D eigenvalue weighted by atomic mass is 16.1. The molecule has 0 unspecified atom stereocenters. The number of pyridine rings is 2. The lowest BCUT2D eigenvalue weighted by Gasteiger charge is -2.03. The molecule has 2 aromatic heterocycles. The molecular weight excluding hydrogens is 324 g/mol. The topological polar surface area (TPSA) is 65.7 Å². The minimum absolute atomic E-state index is 0.0456. The summed E-state index contributed by atoms with van der Waals surface area (Å²) in [5.41, 5.74) is 6.67. The van der Waals surface area contributed by atoms with Gasteiger partial charge in [0.2, 0.25) is 11.1 Å². The fourth-order valence-corrected chi connectivity index (χ4v) is 2.92. The number of fused-ring (bicyclic) bond motifs is 2. The molecule has 0 atom stereocenters. The van der Waals surface area contributed by atoms with Crippen LogP contribution >= 0.6 is 0 Å². The van der Waals surface area contributed by atoms with Crippen molar-refractivity contribution in [2.45, 2.75) is 27.7 Å². The molecule has 0 aliphatic rings. The summed E-state index contributed by atoms with van der Waals surface area (Å²) in [6, 6.07) is 14.9. The van der Waals surface area contributed by atoms with Gasteiger partial charge in [0.1, 0.15) is 0 Å². The van der Waals surface area contributed by atoms with Crippen LogP contribution in [0.25, 0.3) is 21.8 Å². The van der Waals surface area contributed by atoms with Gasteiger partial charge in [-0.15, -0.1) is 0 Å². The second-order valence-corrected chi connectivity index (χ2v) is 6.64. The maximum absolute atomic E-state index is 11.0. The summed E-state index contributed by atoms with van der Waals surface area (Å²) >= 11 is 0. The van der Waals surface area contributed by atoms with Crippen molar-refractivity contribution in [3.05, 3.63) is 91.5 Å². The molecule has 4 rings (SSSR count). The third-order valence-electron chi connectivity index (χ3n) is 4.78. The molecule has 26 heavy (non-hydrogen) atoms. The highest BCUT2D eigenvalue weighted by Gasteiger charge is 2.00. The van der Waals surface area contributed by atoms with E-state index in [0.717, 1.165) is 21.8 Å². The Bertz CT molecular complexity index is 1200. The Morgan fingerprint density at radius 2 is 1.23 bits per heavy atom. The van der Waals surface area contributed by atoms with Crippen molar-refractivity contribution >= 4 is 21.8 Å². The first kappa shape index (κ1) is 17.7. The predicted octanol–water partition coefficient (Wildman–Crippen LogP) is 4.29. The van der Waals surface area contributed by atoms with Crippen LogP contribution in [-0.2, 0) is 0 Å². The number of aromatic nitrogens is 2. The van der Waals surface area contributed by atoms with Gasteiger partial charge < -0.3 is 9.97 Å².